The van der Waals surface area contributed by atoms with Crippen LogP contribution in [0.15, 0.2) is 36.0 Å². The molecule has 0 aromatic carbocycles. The van der Waals surface area contributed by atoms with E-state index in [0.717, 1.165) is 6.42 Å². The molecular weight excluding hydrogens is 146 g/mol. The van der Waals surface area contributed by atoms with Crippen LogP contribution < -0.4 is 5.73 Å². The lowest BCUT2D eigenvalue weighted by Gasteiger charge is -1.91. The Balaban J connectivity index is 3.74. The van der Waals surface area contributed by atoms with E-state index < -0.39 is 0 Å². The van der Waals surface area contributed by atoms with E-state index in [1.807, 2.05) is 25.2 Å². The van der Waals surface area contributed by atoms with Gasteiger partial charge in [-0.1, -0.05) is 43.7 Å². The third-order valence-corrected chi connectivity index (χ3v) is 1.62. The highest BCUT2D eigenvalue weighted by Gasteiger charge is 1.81. The summed E-state index contributed by atoms with van der Waals surface area (Å²) in [5.41, 5.74) is 6.66. The lowest BCUT2D eigenvalue weighted by Crippen LogP contribution is -1.99. The van der Waals surface area contributed by atoms with E-state index in [2.05, 4.69) is 19.1 Å². The van der Waals surface area contributed by atoms with E-state index in [-0.39, 0.29) is 0 Å². The molecule has 0 unspecified atom stereocenters. The summed E-state index contributed by atoms with van der Waals surface area (Å²) in [6, 6.07) is 0. The molecule has 1 nitrogen and oxygen atoms in total. The summed E-state index contributed by atoms with van der Waals surface area (Å²) in [7, 11) is 0. The zero-order chi connectivity index (χ0) is 9.23. The molecule has 0 spiro atoms. The molecular formula is C11H19N. The minimum absolute atomic E-state index is 0.620. The van der Waals surface area contributed by atoms with Gasteiger partial charge in [0.05, 0.1) is 0 Å². The van der Waals surface area contributed by atoms with Gasteiger partial charge in [-0.25, -0.2) is 0 Å². The van der Waals surface area contributed by atoms with Gasteiger partial charge in [-0.3, -0.25) is 0 Å². The molecule has 12 heavy (non-hydrogen) atoms. The van der Waals surface area contributed by atoms with Crippen molar-refractivity contribution in [2.75, 3.05) is 6.54 Å². The Morgan fingerprint density at radius 2 is 2.08 bits per heavy atom. The van der Waals surface area contributed by atoms with Crippen LogP contribution in [0.2, 0.25) is 0 Å². The largest absolute Gasteiger partial charge is 0.327 e. The number of unbranched alkanes of at least 4 members (excludes halogenated alkanes) is 1. The molecule has 0 aliphatic carbocycles. The van der Waals surface area contributed by atoms with Crippen molar-refractivity contribution in [3.8, 4) is 0 Å². The molecule has 2 N–H and O–H groups in total. The highest BCUT2D eigenvalue weighted by atomic mass is 14.5. The Morgan fingerprint density at radius 3 is 2.58 bits per heavy atom. The van der Waals surface area contributed by atoms with E-state index >= 15 is 0 Å². The van der Waals surface area contributed by atoms with Gasteiger partial charge in [0.2, 0.25) is 0 Å². The van der Waals surface area contributed by atoms with Gasteiger partial charge >= 0.3 is 0 Å². The maximum Gasteiger partial charge on any atom is 0.0174 e. The third kappa shape index (κ3) is 5.93. The fourth-order valence-electron chi connectivity index (χ4n) is 0.803. The Kier molecular flexibility index (Phi) is 7.71. The maximum absolute atomic E-state index is 5.48. The summed E-state index contributed by atoms with van der Waals surface area (Å²) in [6.45, 7) is 4.79. The first kappa shape index (κ1) is 11.2. The maximum atomic E-state index is 5.48. The van der Waals surface area contributed by atoms with E-state index in [0.29, 0.717) is 6.54 Å². The predicted molar refractivity (Wildman–Crippen MR) is 56.0 cm³/mol. The molecule has 68 valence electrons. The summed E-state index contributed by atoms with van der Waals surface area (Å²) >= 11 is 0. The quantitative estimate of drug-likeness (QED) is 0.623. The normalized spacial score (nSPS) is 13.4. The van der Waals surface area contributed by atoms with Crippen LogP contribution in [0, 0.1) is 0 Å². The van der Waals surface area contributed by atoms with Crippen molar-refractivity contribution in [2.45, 2.75) is 26.7 Å². The van der Waals surface area contributed by atoms with Gasteiger partial charge in [-0.2, -0.15) is 0 Å². The van der Waals surface area contributed by atoms with Crippen LogP contribution in [0.1, 0.15) is 26.7 Å². The van der Waals surface area contributed by atoms with Crippen molar-refractivity contribution in [3.63, 3.8) is 0 Å². The molecule has 0 rings (SSSR count). The molecule has 0 aromatic heterocycles. The van der Waals surface area contributed by atoms with Crippen LogP contribution in [-0.4, -0.2) is 6.54 Å². The van der Waals surface area contributed by atoms with Gasteiger partial charge in [-0.15, -0.1) is 0 Å². The first-order chi connectivity index (χ1) is 5.85. The van der Waals surface area contributed by atoms with Crippen molar-refractivity contribution >= 4 is 0 Å². The van der Waals surface area contributed by atoms with Gasteiger partial charge in [0.1, 0.15) is 0 Å². The first-order valence-corrected chi connectivity index (χ1v) is 4.53. The van der Waals surface area contributed by atoms with Gasteiger partial charge in [0.15, 0.2) is 0 Å². The average Bonchev–Trinajstić information content (AvgIpc) is 2.11. The Hall–Kier alpha value is -0.820. The second-order valence-electron chi connectivity index (χ2n) is 2.64. The van der Waals surface area contributed by atoms with E-state index in [9.17, 15) is 0 Å². The minimum Gasteiger partial charge on any atom is -0.327 e. The Morgan fingerprint density at radius 1 is 1.33 bits per heavy atom. The fraction of sp³-hybridized carbons (Fsp3) is 0.455. The van der Waals surface area contributed by atoms with Gasteiger partial charge in [-0.05, 0) is 18.9 Å². The van der Waals surface area contributed by atoms with Crippen LogP contribution in [0.5, 0.6) is 0 Å². The van der Waals surface area contributed by atoms with E-state index in [1.54, 1.807) is 0 Å². The molecule has 0 bridgehead atoms. The Labute approximate surface area is 75.7 Å². The predicted octanol–water partition coefficient (Wildman–Crippen LogP) is 2.80. The van der Waals surface area contributed by atoms with Gasteiger partial charge in [0, 0.05) is 6.54 Å². The molecule has 0 amide bonds. The molecule has 0 saturated carbocycles. The molecule has 0 fully saturated rings. The first-order valence-electron chi connectivity index (χ1n) is 4.53. The zero-order valence-corrected chi connectivity index (χ0v) is 8.09. The van der Waals surface area contributed by atoms with Crippen molar-refractivity contribution in [1.29, 1.82) is 0 Å². The van der Waals surface area contributed by atoms with Gasteiger partial charge in [0.25, 0.3) is 0 Å². The highest BCUT2D eigenvalue weighted by molar-refractivity contribution is 5.22. The second kappa shape index (κ2) is 8.28. The summed E-state index contributed by atoms with van der Waals surface area (Å²) in [6.07, 6.45) is 12.7. The average molecular weight is 165 g/mol. The zero-order valence-electron chi connectivity index (χ0n) is 8.09. The standard InChI is InChI=1S/C11H19N/c1-3-5-6-7-8-9-11(4-2)10-12/h4,6-9H,3,5,10,12H2,1-2H3/b7-6+,9-8-,11-4+. The molecule has 0 aliphatic rings. The molecule has 0 heterocycles. The smallest absolute Gasteiger partial charge is 0.0174 e. The molecule has 1 heteroatoms. The van der Waals surface area contributed by atoms with Crippen LogP contribution in [0.25, 0.3) is 0 Å². The monoisotopic (exact) mass is 165 g/mol. The van der Waals surface area contributed by atoms with Crippen LogP contribution in [-0.2, 0) is 0 Å². The molecule has 0 saturated heterocycles. The summed E-state index contributed by atoms with van der Waals surface area (Å²) in [5, 5.41) is 0. The van der Waals surface area contributed by atoms with E-state index in [1.165, 1.54) is 12.0 Å². The van der Waals surface area contributed by atoms with E-state index in [4.69, 9.17) is 5.73 Å². The minimum atomic E-state index is 0.620. The second-order valence-corrected chi connectivity index (χ2v) is 2.64. The fourth-order valence-corrected chi connectivity index (χ4v) is 0.803. The van der Waals surface area contributed by atoms with Crippen LogP contribution in [0.3, 0.4) is 0 Å². The van der Waals surface area contributed by atoms with Crippen LogP contribution in [0.4, 0.5) is 0 Å². The molecule has 0 aliphatic heterocycles. The van der Waals surface area contributed by atoms with Crippen molar-refractivity contribution in [3.05, 3.63) is 36.0 Å². The lowest BCUT2D eigenvalue weighted by atomic mass is 10.2. The lowest BCUT2D eigenvalue weighted by molar-refractivity contribution is 0.959. The summed E-state index contributed by atoms with van der Waals surface area (Å²) in [5.74, 6) is 0. The summed E-state index contributed by atoms with van der Waals surface area (Å²) < 4.78 is 0. The number of hydrogen-bond donors (Lipinski definition) is 1. The highest BCUT2D eigenvalue weighted by Crippen LogP contribution is 1.94. The number of hydrogen-bond acceptors (Lipinski definition) is 1. The third-order valence-electron chi connectivity index (χ3n) is 1.62. The Bertz CT molecular complexity index is 175. The number of rotatable bonds is 5. The van der Waals surface area contributed by atoms with Crippen molar-refractivity contribution in [1.82, 2.24) is 0 Å². The SMILES string of the molecule is C\C=C(/C=C\C=C\CCC)CN. The van der Waals surface area contributed by atoms with Crippen LogP contribution >= 0.6 is 0 Å². The molecule has 0 radical (unpaired) electrons. The molecule has 0 atom stereocenters. The number of nitrogens with two attached hydrogens (primary N) is 1. The molecule has 0 aromatic rings. The van der Waals surface area contributed by atoms with Crippen molar-refractivity contribution < 1.29 is 0 Å². The topological polar surface area (TPSA) is 26.0 Å². The summed E-state index contributed by atoms with van der Waals surface area (Å²) in [4.78, 5) is 0. The van der Waals surface area contributed by atoms with Gasteiger partial charge < -0.3 is 5.73 Å². The van der Waals surface area contributed by atoms with Crippen molar-refractivity contribution in [2.24, 2.45) is 5.73 Å². The number of allylic oxidation sites excluding steroid dienone is 4.